The summed E-state index contributed by atoms with van der Waals surface area (Å²) >= 11 is 6.06. The Morgan fingerprint density at radius 3 is 2.55 bits per heavy atom. The molecule has 1 aromatic carbocycles. The third-order valence-electron chi connectivity index (χ3n) is 3.32. The summed E-state index contributed by atoms with van der Waals surface area (Å²) in [6.07, 6.45) is 2.66. The molecule has 0 radical (unpaired) electrons. The van der Waals surface area contributed by atoms with Gasteiger partial charge in [-0.3, -0.25) is 0 Å². The number of ether oxygens (including phenoxy) is 1. The number of aliphatic hydroxyl groups is 1. The van der Waals surface area contributed by atoms with Gasteiger partial charge in [-0.15, -0.1) is 0 Å². The van der Waals surface area contributed by atoms with Crippen LogP contribution >= 0.6 is 11.6 Å². The second-order valence-corrected chi connectivity index (χ2v) is 5.18. The molecule has 0 aliphatic carbocycles. The van der Waals surface area contributed by atoms with E-state index in [0.717, 1.165) is 6.42 Å². The Kier molecular flexibility index (Phi) is 4.99. The number of nitrogens with zero attached hydrogens (tertiary/aromatic N) is 1. The van der Waals surface area contributed by atoms with Crippen molar-refractivity contribution in [1.82, 2.24) is 4.98 Å². The number of aliphatic hydroxyl groups excluding tert-OH is 1. The fourth-order valence-electron chi connectivity index (χ4n) is 1.84. The molecule has 0 fully saturated rings. The Hall–Kier alpha value is -1.58. The molecule has 2 aromatic rings. The van der Waals surface area contributed by atoms with Gasteiger partial charge in [0.05, 0.1) is 6.61 Å². The third-order valence-corrected chi connectivity index (χ3v) is 3.59. The molecule has 2 rings (SSSR count). The van der Waals surface area contributed by atoms with Crippen molar-refractivity contribution in [3.63, 3.8) is 0 Å². The Morgan fingerprint density at radius 2 is 2.00 bits per heavy atom. The minimum absolute atomic E-state index is 0.0867. The summed E-state index contributed by atoms with van der Waals surface area (Å²) < 4.78 is 5.65. The predicted octanol–water partition coefficient (Wildman–Crippen LogP) is 4.53. The van der Waals surface area contributed by atoms with Crippen molar-refractivity contribution in [2.24, 2.45) is 0 Å². The monoisotopic (exact) mass is 291 g/mol. The molecule has 0 saturated heterocycles. The topological polar surface area (TPSA) is 42.4 Å². The van der Waals surface area contributed by atoms with Gasteiger partial charge in [-0.25, -0.2) is 4.98 Å². The van der Waals surface area contributed by atoms with Crippen LogP contribution in [0.25, 0.3) is 0 Å². The van der Waals surface area contributed by atoms with Crippen LogP contribution in [-0.2, 0) is 6.61 Å². The number of pyridine rings is 1. The van der Waals surface area contributed by atoms with Crippen LogP contribution in [0.15, 0.2) is 36.5 Å². The van der Waals surface area contributed by atoms with Crippen molar-refractivity contribution in [2.45, 2.75) is 32.8 Å². The predicted molar refractivity (Wildman–Crippen MR) is 80.4 cm³/mol. The normalized spacial score (nSPS) is 12.2. The molecule has 1 N–H and O–H groups in total. The number of rotatable bonds is 5. The van der Waals surface area contributed by atoms with Gasteiger partial charge in [-0.2, -0.15) is 0 Å². The first-order valence-corrected chi connectivity index (χ1v) is 7.05. The van der Waals surface area contributed by atoms with E-state index in [2.05, 4.69) is 31.0 Å². The second kappa shape index (κ2) is 6.73. The lowest BCUT2D eigenvalue weighted by Crippen LogP contribution is -1.94. The highest BCUT2D eigenvalue weighted by atomic mass is 35.5. The first-order valence-electron chi connectivity index (χ1n) is 6.67. The summed E-state index contributed by atoms with van der Waals surface area (Å²) in [4.78, 5) is 4.10. The minimum atomic E-state index is -0.0867. The Bertz CT molecular complexity index is 569. The van der Waals surface area contributed by atoms with Gasteiger partial charge in [0, 0.05) is 6.20 Å². The molecule has 1 atom stereocenters. The maximum atomic E-state index is 9.01. The lowest BCUT2D eigenvalue weighted by atomic mass is 9.99. The van der Waals surface area contributed by atoms with Crippen LogP contribution in [0.4, 0.5) is 0 Å². The van der Waals surface area contributed by atoms with Gasteiger partial charge in [0.15, 0.2) is 0 Å². The molecule has 0 saturated carbocycles. The van der Waals surface area contributed by atoms with E-state index in [0.29, 0.717) is 28.1 Å². The number of hydrogen-bond acceptors (Lipinski definition) is 3. The standard InChI is InChI=1S/C16H18ClNO2/c1-3-11(2)13-4-6-14(7-5-13)20-16-15(17)8-12(10-19)9-18-16/h4-9,11,19H,3,10H2,1-2H3. The van der Waals surface area contributed by atoms with Crippen molar-refractivity contribution >= 4 is 11.6 Å². The smallest absolute Gasteiger partial charge is 0.238 e. The van der Waals surface area contributed by atoms with Crippen LogP contribution in [0.3, 0.4) is 0 Å². The summed E-state index contributed by atoms with van der Waals surface area (Å²) in [7, 11) is 0. The zero-order valence-corrected chi connectivity index (χ0v) is 12.4. The maximum absolute atomic E-state index is 9.01. The molecule has 4 heteroatoms. The molecule has 20 heavy (non-hydrogen) atoms. The highest BCUT2D eigenvalue weighted by molar-refractivity contribution is 6.31. The summed E-state index contributed by atoms with van der Waals surface area (Å²) in [5.41, 5.74) is 1.95. The van der Waals surface area contributed by atoms with Gasteiger partial charge in [-0.05, 0) is 41.7 Å². The van der Waals surface area contributed by atoms with E-state index in [9.17, 15) is 0 Å². The van der Waals surface area contributed by atoms with E-state index in [1.807, 2.05) is 12.1 Å². The lowest BCUT2D eigenvalue weighted by molar-refractivity contribution is 0.281. The van der Waals surface area contributed by atoms with E-state index in [-0.39, 0.29) is 6.61 Å². The average Bonchev–Trinajstić information content (AvgIpc) is 2.49. The van der Waals surface area contributed by atoms with Crippen LogP contribution < -0.4 is 4.74 Å². The zero-order valence-electron chi connectivity index (χ0n) is 11.6. The van der Waals surface area contributed by atoms with E-state index >= 15 is 0 Å². The van der Waals surface area contributed by atoms with Gasteiger partial charge in [0.1, 0.15) is 10.8 Å². The molecule has 106 valence electrons. The van der Waals surface area contributed by atoms with E-state index < -0.39 is 0 Å². The molecular weight excluding hydrogens is 274 g/mol. The van der Waals surface area contributed by atoms with Gasteiger partial charge in [0.2, 0.25) is 5.88 Å². The summed E-state index contributed by atoms with van der Waals surface area (Å²) in [6, 6.07) is 9.59. The van der Waals surface area contributed by atoms with Crippen LogP contribution in [0, 0.1) is 0 Å². The summed E-state index contributed by atoms with van der Waals surface area (Å²) in [6.45, 7) is 4.28. The van der Waals surface area contributed by atoms with E-state index in [4.69, 9.17) is 21.4 Å². The Labute approximate surface area is 124 Å². The molecule has 0 bridgehead atoms. The number of halogens is 1. The van der Waals surface area contributed by atoms with Crippen molar-refractivity contribution in [3.05, 3.63) is 52.7 Å². The van der Waals surface area contributed by atoms with Crippen LogP contribution in [0.5, 0.6) is 11.6 Å². The SMILES string of the molecule is CCC(C)c1ccc(Oc2ncc(CO)cc2Cl)cc1. The first-order chi connectivity index (χ1) is 9.63. The van der Waals surface area contributed by atoms with Crippen LogP contribution in [0.2, 0.25) is 5.02 Å². The maximum Gasteiger partial charge on any atom is 0.238 e. The van der Waals surface area contributed by atoms with Crippen molar-refractivity contribution in [1.29, 1.82) is 0 Å². The molecular formula is C16H18ClNO2. The Morgan fingerprint density at radius 1 is 1.30 bits per heavy atom. The van der Waals surface area contributed by atoms with E-state index in [1.54, 1.807) is 12.3 Å². The highest BCUT2D eigenvalue weighted by Gasteiger charge is 2.07. The first kappa shape index (κ1) is 14.8. The fraction of sp³-hybridized carbons (Fsp3) is 0.312. The molecule has 1 aromatic heterocycles. The largest absolute Gasteiger partial charge is 0.438 e. The molecule has 0 spiro atoms. The Balaban J connectivity index is 2.14. The number of hydrogen-bond donors (Lipinski definition) is 1. The second-order valence-electron chi connectivity index (χ2n) is 4.77. The molecule has 1 unspecified atom stereocenters. The number of benzene rings is 1. The fourth-order valence-corrected chi connectivity index (χ4v) is 2.07. The molecule has 1 heterocycles. The summed E-state index contributed by atoms with van der Waals surface area (Å²) in [5, 5.41) is 9.40. The van der Waals surface area contributed by atoms with Crippen molar-refractivity contribution < 1.29 is 9.84 Å². The molecule has 0 aliphatic heterocycles. The van der Waals surface area contributed by atoms with E-state index in [1.165, 1.54) is 5.56 Å². The highest BCUT2D eigenvalue weighted by Crippen LogP contribution is 2.29. The molecule has 0 aliphatic rings. The molecule has 3 nitrogen and oxygen atoms in total. The quantitative estimate of drug-likeness (QED) is 0.880. The van der Waals surface area contributed by atoms with Crippen molar-refractivity contribution in [3.8, 4) is 11.6 Å². The van der Waals surface area contributed by atoms with Gasteiger partial charge >= 0.3 is 0 Å². The van der Waals surface area contributed by atoms with Gasteiger partial charge < -0.3 is 9.84 Å². The third kappa shape index (κ3) is 3.50. The summed E-state index contributed by atoms with van der Waals surface area (Å²) in [5.74, 6) is 1.58. The molecule has 0 amide bonds. The lowest BCUT2D eigenvalue weighted by Gasteiger charge is -2.11. The number of aromatic nitrogens is 1. The van der Waals surface area contributed by atoms with Crippen LogP contribution in [-0.4, -0.2) is 10.1 Å². The average molecular weight is 292 g/mol. The van der Waals surface area contributed by atoms with Crippen molar-refractivity contribution in [2.75, 3.05) is 0 Å². The van der Waals surface area contributed by atoms with Crippen LogP contribution in [0.1, 0.15) is 37.3 Å². The minimum Gasteiger partial charge on any atom is -0.438 e. The van der Waals surface area contributed by atoms with Gasteiger partial charge in [-0.1, -0.05) is 37.6 Å². The van der Waals surface area contributed by atoms with Gasteiger partial charge in [0.25, 0.3) is 0 Å². The zero-order chi connectivity index (χ0) is 14.5.